The first-order chi connectivity index (χ1) is 13.4. The molecule has 0 aliphatic heterocycles. The molecule has 0 atom stereocenters. The molecule has 1 amide bonds. The van der Waals surface area contributed by atoms with Gasteiger partial charge in [-0.25, -0.2) is 8.42 Å². The maximum atomic E-state index is 12.4. The number of sulfonamides is 1. The lowest BCUT2D eigenvalue weighted by atomic mass is 10.1. The molecule has 0 aliphatic rings. The Hall–Kier alpha value is -3.12. The summed E-state index contributed by atoms with van der Waals surface area (Å²) in [4.78, 5) is 12.6. The van der Waals surface area contributed by atoms with Crippen LogP contribution in [0.25, 0.3) is 0 Å². The van der Waals surface area contributed by atoms with Gasteiger partial charge in [-0.2, -0.15) is 0 Å². The molecule has 28 heavy (non-hydrogen) atoms. The molecule has 0 spiro atoms. The van der Waals surface area contributed by atoms with Gasteiger partial charge in [-0.3, -0.25) is 9.52 Å². The highest BCUT2D eigenvalue weighted by Gasteiger charge is 2.14. The number of hydrogen-bond acceptors (Lipinski definition) is 3. The molecule has 3 aromatic rings. The fourth-order valence-corrected chi connectivity index (χ4v) is 3.71. The van der Waals surface area contributed by atoms with Gasteiger partial charge in [0, 0.05) is 16.9 Å². The van der Waals surface area contributed by atoms with Crippen LogP contribution in [0.4, 0.5) is 11.4 Å². The van der Waals surface area contributed by atoms with Gasteiger partial charge in [0.25, 0.3) is 15.9 Å². The smallest absolute Gasteiger partial charge is 0.261 e. The van der Waals surface area contributed by atoms with Crippen LogP contribution in [0, 0.1) is 6.92 Å². The van der Waals surface area contributed by atoms with E-state index in [0.29, 0.717) is 16.9 Å². The summed E-state index contributed by atoms with van der Waals surface area (Å²) in [7, 11) is -3.67. The van der Waals surface area contributed by atoms with E-state index in [9.17, 15) is 13.2 Å². The zero-order valence-corrected chi connectivity index (χ0v) is 16.6. The van der Waals surface area contributed by atoms with Crippen molar-refractivity contribution in [3.63, 3.8) is 0 Å². The van der Waals surface area contributed by atoms with Crippen molar-refractivity contribution in [1.29, 1.82) is 0 Å². The summed E-state index contributed by atoms with van der Waals surface area (Å²) in [6, 6.07) is 20.6. The Balaban J connectivity index is 1.68. The van der Waals surface area contributed by atoms with Crippen LogP contribution in [0.5, 0.6) is 0 Å². The van der Waals surface area contributed by atoms with Crippen molar-refractivity contribution in [3.05, 3.63) is 89.5 Å². The third-order valence-corrected chi connectivity index (χ3v) is 5.75. The molecule has 0 saturated heterocycles. The minimum Gasteiger partial charge on any atom is -0.322 e. The standard InChI is InChI=1S/C22H22N2O3S/c1-3-17-6-10-19(11-7-17)23-22(25)18-8-12-20(13-9-18)24-28(26,27)21-14-4-16(2)5-15-21/h4-15,24H,3H2,1-2H3,(H,23,25). The quantitative estimate of drug-likeness (QED) is 0.641. The molecule has 0 fully saturated rings. The van der Waals surface area contributed by atoms with Crippen molar-refractivity contribution in [1.82, 2.24) is 0 Å². The summed E-state index contributed by atoms with van der Waals surface area (Å²) in [5.41, 5.74) is 3.73. The van der Waals surface area contributed by atoms with Gasteiger partial charge in [0.05, 0.1) is 4.90 Å². The summed E-state index contributed by atoms with van der Waals surface area (Å²) in [5, 5.41) is 2.83. The van der Waals surface area contributed by atoms with E-state index in [-0.39, 0.29) is 10.8 Å². The second-order valence-corrected chi connectivity index (χ2v) is 8.18. The van der Waals surface area contributed by atoms with Crippen LogP contribution in [0.1, 0.15) is 28.4 Å². The zero-order valence-electron chi connectivity index (χ0n) is 15.8. The van der Waals surface area contributed by atoms with Crippen LogP contribution in [0.3, 0.4) is 0 Å². The summed E-state index contributed by atoms with van der Waals surface area (Å²) in [6.07, 6.45) is 0.939. The Morgan fingerprint density at radius 2 is 1.39 bits per heavy atom. The number of rotatable bonds is 6. The molecule has 0 aliphatic carbocycles. The lowest BCUT2D eigenvalue weighted by Crippen LogP contribution is -2.14. The second-order valence-electron chi connectivity index (χ2n) is 6.50. The van der Waals surface area contributed by atoms with E-state index in [4.69, 9.17) is 0 Å². The van der Waals surface area contributed by atoms with Gasteiger partial charge < -0.3 is 5.32 Å². The Morgan fingerprint density at radius 1 is 0.821 bits per heavy atom. The van der Waals surface area contributed by atoms with Crippen molar-refractivity contribution in [2.45, 2.75) is 25.2 Å². The summed E-state index contributed by atoms with van der Waals surface area (Å²) in [5.74, 6) is -0.253. The largest absolute Gasteiger partial charge is 0.322 e. The molecular weight excluding hydrogens is 372 g/mol. The molecule has 3 rings (SSSR count). The fourth-order valence-electron chi connectivity index (χ4n) is 2.65. The molecule has 0 heterocycles. The number of carbonyl (C=O) groups is 1. The maximum Gasteiger partial charge on any atom is 0.261 e. The van der Waals surface area contributed by atoms with Crippen molar-refractivity contribution in [3.8, 4) is 0 Å². The maximum absolute atomic E-state index is 12.4. The SMILES string of the molecule is CCc1ccc(NC(=O)c2ccc(NS(=O)(=O)c3ccc(C)cc3)cc2)cc1. The van der Waals surface area contributed by atoms with E-state index < -0.39 is 10.0 Å². The topological polar surface area (TPSA) is 75.3 Å². The van der Waals surface area contributed by atoms with Crippen molar-refractivity contribution >= 4 is 27.3 Å². The second kappa shape index (κ2) is 8.27. The number of carbonyl (C=O) groups excluding carboxylic acids is 1. The van der Waals surface area contributed by atoms with Gasteiger partial charge in [0.1, 0.15) is 0 Å². The van der Waals surface area contributed by atoms with Crippen molar-refractivity contribution in [2.75, 3.05) is 10.0 Å². The third-order valence-electron chi connectivity index (χ3n) is 4.35. The zero-order chi connectivity index (χ0) is 20.1. The number of anilines is 2. The van der Waals surface area contributed by atoms with Gasteiger partial charge in [-0.05, 0) is 67.4 Å². The number of aryl methyl sites for hydroxylation is 2. The van der Waals surface area contributed by atoms with E-state index >= 15 is 0 Å². The molecule has 5 nitrogen and oxygen atoms in total. The molecular formula is C22H22N2O3S. The average Bonchev–Trinajstić information content (AvgIpc) is 2.69. The van der Waals surface area contributed by atoms with Gasteiger partial charge in [-0.1, -0.05) is 36.8 Å². The van der Waals surface area contributed by atoms with Crippen LogP contribution in [0.2, 0.25) is 0 Å². The molecule has 144 valence electrons. The highest BCUT2D eigenvalue weighted by atomic mass is 32.2. The predicted octanol–water partition coefficient (Wildman–Crippen LogP) is 4.61. The summed E-state index contributed by atoms with van der Waals surface area (Å²) in [6.45, 7) is 3.97. The van der Waals surface area contributed by atoms with E-state index in [1.165, 1.54) is 5.56 Å². The van der Waals surface area contributed by atoms with Gasteiger partial charge in [0.15, 0.2) is 0 Å². The van der Waals surface area contributed by atoms with E-state index in [1.54, 1.807) is 48.5 Å². The van der Waals surface area contributed by atoms with Crippen LogP contribution < -0.4 is 10.0 Å². The first-order valence-electron chi connectivity index (χ1n) is 8.97. The predicted molar refractivity (Wildman–Crippen MR) is 112 cm³/mol. The summed E-state index contributed by atoms with van der Waals surface area (Å²) >= 11 is 0. The first kappa shape index (κ1) is 19.6. The molecule has 0 aromatic heterocycles. The number of benzene rings is 3. The van der Waals surface area contributed by atoms with Crippen LogP contribution >= 0.6 is 0 Å². The van der Waals surface area contributed by atoms with Crippen LogP contribution in [0.15, 0.2) is 77.7 Å². The van der Waals surface area contributed by atoms with Crippen LogP contribution in [-0.4, -0.2) is 14.3 Å². The van der Waals surface area contributed by atoms with Crippen molar-refractivity contribution in [2.24, 2.45) is 0 Å². The number of amides is 1. The lowest BCUT2D eigenvalue weighted by molar-refractivity contribution is 0.102. The normalized spacial score (nSPS) is 11.1. The molecule has 0 bridgehead atoms. The fraction of sp³-hybridized carbons (Fsp3) is 0.136. The van der Waals surface area contributed by atoms with Crippen LogP contribution in [-0.2, 0) is 16.4 Å². The Kier molecular flexibility index (Phi) is 5.80. The molecule has 0 saturated carbocycles. The summed E-state index contributed by atoms with van der Waals surface area (Å²) < 4.78 is 27.4. The van der Waals surface area contributed by atoms with E-state index in [1.807, 2.05) is 31.2 Å². The van der Waals surface area contributed by atoms with Gasteiger partial charge >= 0.3 is 0 Å². The third kappa shape index (κ3) is 4.78. The number of nitrogens with one attached hydrogen (secondary N) is 2. The lowest BCUT2D eigenvalue weighted by Gasteiger charge is -2.10. The van der Waals surface area contributed by atoms with Crippen molar-refractivity contribution < 1.29 is 13.2 Å². The Labute approximate surface area is 165 Å². The molecule has 6 heteroatoms. The minimum atomic E-state index is -3.67. The highest BCUT2D eigenvalue weighted by Crippen LogP contribution is 2.18. The highest BCUT2D eigenvalue weighted by molar-refractivity contribution is 7.92. The Morgan fingerprint density at radius 3 is 1.96 bits per heavy atom. The molecule has 3 aromatic carbocycles. The van der Waals surface area contributed by atoms with E-state index in [0.717, 1.165) is 12.0 Å². The molecule has 0 radical (unpaired) electrons. The Bertz CT molecular complexity index is 1060. The average molecular weight is 394 g/mol. The number of hydrogen-bond donors (Lipinski definition) is 2. The van der Waals surface area contributed by atoms with Gasteiger partial charge in [-0.15, -0.1) is 0 Å². The van der Waals surface area contributed by atoms with E-state index in [2.05, 4.69) is 17.0 Å². The first-order valence-corrected chi connectivity index (χ1v) is 10.5. The van der Waals surface area contributed by atoms with Gasteiger partial charge in [0.2, 0.25) is 0 Å². The molecule has 0 unspecified atom stereocenters. The molecule has 2 N–H and O–H groups in total. The minimum absolute atomic E-state index is 0.190. The monoisotopic (exact) mass is 394 g/mol.